The van der Waals surface area contributed by atoms with E-state index in [1.807, 2.05) is 0 Å². The van der Waals surface area contributed by atoms with Gasteiger partial charge in [0.1, 0.15) is 0 Å². The van der Waals surface area contributed by atoms with Gasteiger partial charge in [0.05, 0.1) is 13.2 Å². The highest BCUT2D eigenvalue weighted by Gasteiger charge is 2.28. The maximum absolute atomic E-state index is 12.4. The molecule has 0 radical (unpaired) electrons. The molecule has 0 heterocycles. The average molecular weight is 302 g/mol. The Morgan fingerprint density at radius 3 is 2.19 bits per heavy atom. The zero-order valence-corrected chi connectivity index (χ0v) is 11.6. The lowest BCUT2D eigenvalue weighted by Gasteiger charge is -2.35. The van der Waals surface area contributed by atoms with E-state index in [1.165, 1.54) is 0 Å². The Balaban J connectivity index is 4.43. The molecule has 0 amide bonds. The molecule has 5 heteroatoms. The minimum absolute atomic E-state index is 0.0318. The number of alkyl halides is 3. The van der Waals surface area contributed by atoms with Crippen molar-refractivity contribution in [1.82, 2.24) is 4.90 Å². The van der Waals surface area contributed by atoms with Crippen LogP contribution in [0.2, 0.25) is 0 Å². The Bertz CT molecular complexity index is 169. The Morgan fingerprint density at radius 1 is 1.31 bits per heavy atom. The van der Waals surface area contributed by atoms with Gasteiger partial charge in [0.15, 0.2) is 0 Å². The van der Waals surface area contributed by atoms with Crippen LogP contribution in [-0.2, 0) is 0 Å². The zero-order chi connectivity index (χ0) is 12.6. The van der Waals surface area contributed by atoms with Crippen molar-refractivity contribution >= 4 is 15.9 Å². The Kier molecular flexibility index (Phi) is 8.50. The van der Waals surface area contributed by atoms with Crippen LogP contribution in [0.15, 0.2) is 0 Å². The summed E-state index contributed by atoms with van der Waals surface area (Å²) in [5.74, 6) is 0. The molecule has 0 atom stereocenters. The van der Waals surface area contributed by atoms with Crippen LogP contribution in [0.3, 0.4) is 0 Å². The van der Waals surface area contributed by atoms with Crippen LogP contribution in [0.1, 0.15) is 26.7 Å². The maximum Gasteiger partial charge on any atom is 0.251 e. The van der Waals surface area contributed by atoms with Gasteiger partial charge in [-0.2, -0.15) is 0 Å². The highest BCUT2D eigenvalue weighted by molar-refractivity contribution is 9.09. The van der Waals surface area contributed by atoms with Gasteiger partial charge in [-0.15, -0.1) is 0 Å². The van der Waals surface area contributed by atoms with E-state index in [9.17, 15) is 8.78 Å². The molecule has 0 aliphatic carbocycles. The van der Waals surface area contributed by atoms with Gasteiger partial charge in [0.2, 0.25) is 0 Å². The van der Waals surface area contributed by atoms with E-state index >= 15 is 0 Å². The highest BCUT2D eigenvalue weighted by atomic mass is 79.9. The smallest absolute Gasteiger partial charge is 0.251 e. The van der Waals surface area contributed by atoms with Crippen molar-refractivity contribution in [2.45, 2.75) is 33.1 Å². The molecule has 0 aromatic carbocycles. The van der Waals surface area contributed by atoms with Crippen molar-refractivity contribution in [3.8, 4) is 0 Å². The van der Waals surface area contributed by atoms with Crippen molar-refractivity contribution in [3.63, 3.8) is 0 Å². The lowest BCUT2D eigenvalue weighted by Crippen LogP contribution is -2.42. The second-order valence-electron chi connectivity index (χ2n) is 4.19. The lowest BCUT2D eigenvalue weighted by molar-refractivity contribution is 0.0537. The fourth-order valence-corrected chi connectivity index (χ4v) is 2.72. The fourth-order valence-electron chi connectivity index (χ4n) is 1.75. The third-order valence-electron chi connectivity index (χ3n) is 3.15. The summed E-state index contributed by atoms with van der Waals surface area (Å²) in [5, 5.41) is 9.67. The third kappa shape index (κ3) is 5.55. The first kappa shape index (κ1) is 16.3. The zero-order valence-electron chi connectivity index (χ0n) is 10.1. The summed E-state index contributed by atoms with van der Waals surface area (Å²) in [7, 11) is 0. The first-order chi connectivity index (χ1) is 7.53. The van der Waals surface area contributed by atoms with Crippen LogP contribution in [0.5, 0.6) is 0 Å². The van der Waals surface area contributed by atoms with Crippen molar-refractivity contribution in [2.75, 3.05) is 31.6 Å². The standard InChI is InChI=1S/C11H22BrF2NO/c1-3-11(4-2,8-12)9-15(5-6-16)7-10(13)14/h10,16H,3-9H2,1-2H3. The van der Waals surface area contributed by atoms with E-state index in [2.05, 4.69) is 29.8 Å². The molecule has 98 valence electrons. The second kappa shape index (κ2) is 8.37. The van der Waals surface area contributed by atoms with E-state index in [4.69, 9.17) is 5.11 Å². The van der Waals surface area contributed by atoms with Crippen molar-refractivity contribution in [3.05, 3.63) is 0 Å². The summed E-state index contributed by atoms with van der Waals surface area (Å²) in [4.78, 5) is 1.65. The van der Waals surface area contributed by atoms with Crippen LogP contribution in [0, 0.1) is 5.41 Å². The Hall–Kier alpha value is 0.260. The largest absolute Gasteiger partial charge is 0.395 e. The molecule has 0 aliphatic heterocycles. The Morgan fingerprint density at radius 2 is 1.88 bits per heavy atom. The first-order valence-electron chi connectivity index (χ1n) is 5.71. The van der Waals surface area contributed by atoms with Crippen LogP contribution in [0.4, 0.5) is 8.78 Å². The van der Waals surface area contributed by atoms with E-state index in [-0.39, 0.29) is 18.6 Å². The number of rotatable bonds is 9. The topological polar surface area (TPSA) is 23.5 Å². The summed E-state index contributed by atoms with van der Waals surface area (Å²) in [6.07, 6.45) is -0.451. The van der Waals surface area contributed by atoms with E-state index in [0.29, 0.717) is 13.1 Å². The molecular weight excluding hydrogens is 280 g/mol. The fraction of sp³-hybridized carbons (Fsp3) is 1.00. The van der Waals surface area contributed by atoms with Gasteiger partial charge < -0.3 is 5.11 Å². The minimum Gasteiger partial charge on any atom is -0.395 e. The van der Waals surface area contributed by atoms with Gasteiger partial charge in [-0.3, -0.25) is 4.90 Å². The molecule has 16 heavy (non-hydrogen) atoms. The van der Waals surface area contributed by atoms with Gasteiger partial charge in [-0.25, -0.2) is 8.78 Å². The molecule has 0 bridgehead atoms. The number of hydrogen-bond donors (Lipinski definition) is 1. The predicted octanol–water partition coefficient (Wildman–Crippen LogP) is 2.75. The van der Waals surface area contributed by atoms with E-state index in [0.717, 1.165) is 18.2 Å². The highest BCUT2D eigenvalue weighted by Crippen LogP contribution is 2.30. The Labute approximate surface area is 105 Å². The molecule has 0 aromatic rings. The van der Waals surface area contributed by atoms with Crippen LogP contribution < -0.4 is 0 Å². The molecule has 0 rings (SSSR count). The van der Waals surface area contributed by atoms with Gasteiger partial charge in [-0.05, 0) is 18.3 Å². The summed E-state index contributed by atoms with van der Waals surface area (Å²) in [6, 6.07) is 0. The SMILES string of the molecule is CCC(CC)(CBr)CN(CCO)CC(F)F. The lowest BCUT2D eigenvalue weighted by atomic mass is 9.84. The number of aliphatic hydroxyl groups is 1. The summed E-state index contributed by atoms with van der Waals surface area (Å²) in [5.41, 5.74) is 0.0318. The van der Waals surface area contributed by atoms with Gasteiger partial charge in [0.25, 0.3) is 6.43 Å². The summed E-state index contributed by atoms with van der Waals surface area (Å²) >= 11 is 3.46. The van der Waals surface area contributed by atoms with Crippen molar-refractivity contribution in [1.29, 1.82) is 0 Å². The maximum atomic E-state index is 12.4. The number of halogens is 3. The predicted molar refractivity (Wildman–Crippen MR) is 66.3 cm³/mol. The number of nitrogens with zero attached hydrogens (tertiary/aromatic N) is 1. The number of hydrogen-bond acceptors (Lipinski definition) is 2. The van der Waals surface area contributed by atoms with E-state index < -0.39 is 6.43 Å². The normalized spacial score (nSPS) is 12.8. The van der Waals surface area contributed by atoms with E-state index in [1.54, 1.807) is 4.90 Å². The minimum atomic E-state index is -2.34. The molecule has 0 aromatic heterocycles. The van der Waals surface area contributed by atoms with Crippen LogP contribution >= 0.6 is 15.9 Å². The van der Waals surface area contributed by atoms with Gasteiger partial charge in [-0.1, -0.05) is 29.8 Å². The molecule has 1 N–H and O–H groups in total. The number of aliphatic hydroxyl groups excluding tert-OH is 1. The quantitative estimate of drug-likeness (QED) is 0.662. The molecule has 0 fully saturated rings. The van der Waals surface area contributed by atoms with Gasteiger partial charge in [0, 0.05) is 18.4 Å². The molecular formula is C11H22BrF2NO. The average Bonchev–Trinajstić information content (AvgIpc) is 2.25. The molecule has 2 nitrogen and oxygen atoms in total. The van der Waals surface area contributed by atoms with Gasteiger partial charge >= 0.3 is 0 Å². The molecule has 0 saturated carbocycles. The monoisotopic (exact) mass is 301 g/mol. The molecule has 0 aliphatic rings. The van der Waals surface area contributed by atoms with Crippen molar-refractivity contribution < 1.29 is 13.9 Å². The van der Waals surface area contributed by atoms with Crippen LogP contribution in [0.25, 0.3) is 0 Å². The van der Waals surface area contributed by atoms with Crippen LogP contribution in [-0.4, -0.2) is 48.0 Å². The third-order valence-corrected chi connectivity index (χ3v) is 4.34. The molecule has 0 saturated heterocycles. The van der Waals surface area contributed by atoms with Crippen molar-refractivity contribution in [2.24, 2.45) is 5.41 Å². The molecule has 0 unspecified atom stereocenters. The first-order valence-corrected chi connectivity index (χ1v) is 6.83. The summed E-state index contributed by atoms with van der Waals surface area (Å²) in [6.45, 7) is 4.75. The molecule has 0 spiro atoms. The second-order valence-corrected chi connectivity index (χ2v) is 4.75. The summed E-state index contributed by atoms with van der Waals surface area (Å²) < 4.78 is 24.7.